The SMILES string of the molecule is COCCOc1cnc2ccc(C(=O)c3c(F)c(O)cc(F)c3F)cc2n1. The molecule has 0 fully saturated rings. The molecule has 0 aliphatic heterocycles. The molecule has 6 nitrogen and oxygen atoms in total. The first-order valence-corrected chi connectivity index (χ1v) is 7.72. The van der Waals surface area contributed by atoms with E-state index in [1.165, 1.54) is 31.5 Å². The van der Waals surface area contributed by atoms with Crippen molar-refractivity contribution < 1.29 is 32.5 Å². The number of carbonyl (C=O) groups excluding carboxylic acids is 1. The fourth-order valence-corrected chi connectivity index (χ4v) is 2.37. The van der Waals surface area contributed by atoms with Gasteiger partial charge in [0.1, 0.15) is 12.2 Å². The van der Waals surface area contributed by atoms with E-state index < -0.39 is 34.5 Å². The molecule has 1 aromatic heterocycles. The number of hydrogen-bond donors (Lipinski definition) is 1. The van der Waals surface area contributed by atoms with Crippen LogP contribution in [0.5, 0.6) is 11.6 Å². The molecule has 0 spiro atoms. The first-order chi connectivity index (χ1) is 12.9. The molecule has 0 saturated carbocycles. The normalized spacial score (nSPS) is 11.0. The highest BCUT2D eigenvalue weighted by atomic mass is 19.2. The molecule has 0 atom stereocenters. The van der Waals surface area contributed by atoms with Crippen LogP contribution in [-0.2, 0) is 4.74 Å². The van der Waals surface area contributed by atoms with Gasteiger partial charge >= 0.3 is 0 Å². The Labute approximate surface area is 151 Å². The van der Waals surface area contributed by atoms with Gasteiger partial charge in [-0.1, -0.05) is 0 Å². The molecule has 3 aromatic rings. The molecule has 2 aromatic carbocycles. The van der Waals surface area contributed by atoms with Crippen LogP contribution < -0.4 is 4.74 Å². The number of hydrogen-bond acceptors (Lipinski definition) is 6. The summed E-state index contributed by atoms with van der Waals surface area (Å²) < 4.78 is 51.5. The minimum atomic E-state index is -1.68. The highest BCUT2D eigenvalue weighted by Gasteiger charge is 2.25. The molecule has 0 amide bonds. The molecular weight excluding hydrogens is 365 g/mol. The van der Waals surface area contributed by atoms with Gasteiger partial charge in [-0.15, -0.1) is 0 Å². The number of phenolic OH excluding ortho intramolecular Hbond substituents is 1. The van der Waals surface area contributed by atoms with Gasteiger partial charge in [-0.25, -0.2) is 23.1 Å². The van der Waals surface area contributed by atoms with E-state index in [0.717, 1.165) is 0 Å². The lowest BCUT2D eigenvalue weighted by atomic mass is 10.0. The Hall–Kier alpha value is -3.20. The van der Waals surface area contributed by atoms with Gasteiger partial charge in [0.05, 0.1) is 23.8 Å². The Balaban J connectivity index is 2.00. The summed E-state index contributed by atoms with van der Waals surface area (Å²) >= 11 is 0. The van der Waals surface area contributed by atoms with Gasteiger partial charge in [0.25, 0.3) is 0 Å². The molecular formula is C18H13F3N2O4. The number of ether oxygens (including phenoxy) is 2. The maximum atomic E-state index is 14.0. The van der Waals surface area contributed by atoms with E-state index in [0.29, 0.717) is 12.1 Å². The molecule has 0 radical (unpaired) electrons. The lowest BCUT2D eigenvalue weighted by Gasteiger charge is -2.08. The second kappa shape index (κ2) is 7.58. The molecule has 140 valence electrons. The van der Waals surface area contributed by atoms with E-state index in [4.69, 9.17) is 9.47 Å². The minimum absolute atomic E-state index is 0.159. The van der Waals surface area contributed by atoms with Crippen molar-refractivity contribution in [2.75, 3.05) is 20.3 Å². The number of phenols is 1. The zero-order valence-electron chi connectivity index (χ0n) is 14.0. The molecule has 0 unspecified atom stereocenters. The van der Waals surface area contributed by atoms with Crippen molar-refractivity contribution in [2.45, 2.75) is 0 Å². The predicted octanol–water partition coefficient (Wildman–Crippen LogP) is 3.01. The molecule has 3 rings (SSSR count). The standard InChI is InChI=1S/C18H13F3N2O4/c1-26-4-5-27-14-8-22-11-3-2-9(6-12(11)23-14)18(25)15-16(20)10(19)7-13(24)17(15)21/h2-3,6-8,24H,4-5H2,1H3. The molecule has 1 N–H and O–H groups in total. The van der Waals surface area contributed by atoms with Crippen molar-refractivity contribution in [1.82, 2.24) is 9.97 Å². The number of carbonyl (C=O) groups is 1. The van der Waals surface area contributed by atoms with E-state index in [9.17, 15) is 23.1 Å². The van der Waals surface area contributed by atoms with Crippen molar-refractivity contribution in [3.05, 3.63) is 59.0 Å². The lowest BCUT2D eigenvalue weighted by Crippen LogP contribution is -2.10. The summed E-state index contributed by atoms with van der Waals surface area (Å²) in [6.07, 6.45) is 1.38. The molecule has 0 aliphatic rings. The third kappa shape index (κ3) is 3.68. The quantitative estimate of drug-likeness (QED) is 0.403. The fourth-order valence-electron chi connectivity index (χ4n) is 2.37. The Morgan fingerprint density at radius 3 is 2.63 bits per heavy atom. The minimum Gasteiger partial charge on any atom is -0.505 e. The van der Waals surface area contributed by atoms with Crippen LogP contribution >= 0.6 is 0 Å². The number of methoxy groups -OCH3 is 1. The number of benzene rings is 2. The van der Waals surface area contributed by atoms with Crippen LogP contribution in [-0.4, -0.2) is 41.2 Å². The van der Waals surface area contributed by atoms with Gasteiger partial charge in [0.15, 0.2) is 29.0 Å². The van der Waals surface area contributed by atoms with Crippen molar-refractivity contribution in [3.63, 3.8) is 0 Å². The summed E-state index contributed by atoms with van der Waals surface area (Å²) in [6, 6.07) is 4.20. The number of aromatic nitrogens is 2. The van der Waals surface area contributed by atoms with Crippen LogP contribution in [0.15, 0.2) is 30.5 Å². The Kier molecular flexibility index (Phi) is 5.22. The summed E-state index contributed by atoms with van der Waals surface area (Å²) in [5.41, 5.74) is -0.702. The Morgan fingerprint density at radius 2 is 1.89 bits per heavy atom. The fraction of sp³-hybridized carbons (Fsp3) is 0.167. The number of ketones is 1. The van der Waals surface area contributed by atoms with Gasteiger partial charge in [-0.2, -0.15) is 0 Å². The van der Waals surface area contributed by atoms with Crippen LogP contribution in [0.4, 0.5) is 13.2 Å². The predicted molar refractivity (Wildman–Crippen MR) is 88.3 cm³/mol. The van der Waals surface area contributed by atoms with Crippen LogP contribution in [0.1, 0.15) is 15.9 Å². The topological polar surface area (TPSA) is 81.5 Å². The summed E-state index contributed by atoms with van der Waals surface area (Å²) in [4.78, 5) is 20.7. The van der Waals surface area contributed by atoms with Gasteiger partial charge in [0, 0.05) is 18.7 Å². The third-order valence-corrected chi connectivity index (χ3v) is 3.68. The molecule has 27 heavy (non-hydrogen) atoms. The zero-order chi connectivity index (χ0) is 19.6. The summed E-state index contributed by atoms with van der Waals surface area (Å²) in [5, 5.41) is 9.33. The number of fused-ring (bicyclic) bond motifs is 1. The third-order valence-electron chi connectivity index (χ3n) is 3.68. The van der Waals surface area contributed by atoms with Crippen molar-refractivity contribution in [2.24, 2.45) is 0 Å². The second-order valence-corrected chi connectivity index (χ2v) is 5.46. The molecule has 9 heteroatoms. The highest BCUT2D eigenvalue weighted by Crippen LogP contribution is 2.27. The summed E-state index contributed by atoms with van der Waals surface area (Å²) in [5.74, 6) is -6.89. The maximum Gasteiger partial charge on any atom is 0.232 e. The smallest absolute Gasteiger partial charge is 0.232 e. The van der Waals surface area contributed by atoms with Crippen molar-refractivity contribution in [1.29, 1.82) is 0 Å². The van der Waals surface area contributed by atoms with Crippen molar-refractivity contribution >= 4 is 16.8 Å². The van der Waals surface area contributed by atoms with E-state index in [1.54, 1.807) is 0 Å². The number of aromatic hydroxyl groups is 1. The largest absolute Gasteiger partial charge is 0.505 e. The lowest BCUT2D eigenvalue weighted by molar-refractivity contribution is 0.102. The Bertz CT molecular complexity index is 1000. The number of nitrogens with zero attached hydrogens (tertiary/aromatic N) is 2. The van der Waals surface area contributed by atoms with Crippen molar-refractivity contribution in [3.8, 4) is 11.6 Å². The number of halogens is 3. The average Bonchev–Trinajstić information content (AvgIpc) is 2.66. The van der Waals surface area contributed by atoms with Gasteiger partial charge in [-0.3, -0.25) is 4.79 Å². The monoisotopic (exact) mass is 378 g/mol. The summed E-state index contributed by atoms with van der Waals surface area (Å²) in [7, 11) is 1.51. The number of rotatable bonds is 6. The van der Waals surface area contributed by atoms with Crippen LogP contribution in [0, 0.1) is 17.5 Å². The molecule has 0 aliphatic carbocycles. The average molecular weight is 378 g/mol. The Morgan fingerprint density at radius 1 is 1.11 bits per heavy atom. The highest BCUT2D eigenvalue weighted by molar-refractivity contribution is 6.10. The maximum absolute atomic E-state index is 14.0. The van der Waals surface area contributed by atoms with Gasteiger partial charge < -0.3 is 14.6 Å². The van der Waals surface area contributed by atoms with Crippen LogP contribution in [0.3, 0.4) is 0 Å². The van der Waals surface area contributed by atoms with E-state index >= 15 is 0 Å². The molecule has 0 bridgehead atoms. The zero-order valence-corrected chi connectivity index (χ0v) is 14.0. The molecule has 0 saturated heterocycles. The van der Waals surface area contributed by atoms with Crippen LogP contribution in [0.2, 0.25) is 0 Å². The second-order valence-electron chi connectivity index (χ2n) is 5.46. The molecule has 1 heterocycles. The van der Waals surface area contributed by atoms with E-state index in [1.807, 2.05) is 0 Å². The van der Waals surface area contributed by atoms with Gasteiger partial charge in [-0.05, 0) is 18.2 Å². The van der Waals surface area contributed by atoms with Crippen LogP contribution in [0.25, 0.3) is 11.0 Å². The van der Waals surface area contributed by atoms with E-state index in [-0.39, 0.29) is 29.6 Å². The summed E-state index contributed by atoms with van der Waals surface area (Å²) in [6.45, 7) is 0.564. The first-order valence-electron chi connectivity index (χ1n) is 7.72. The van der Waals surface area contributed by atoms with Gasteiger partial charge in [0.2, 0.25) is 5.88 Å². The first kappa shape index (κ1) is 18.6. The van der Waals surface area contributed by atoms with E-state index in [2.05, 4.69) is 9.97 Å².